The topological polar surface area (TPSA) is 53.4 Å². The minimum atomic E-state index is -0.683. The van der Waals surface area contributed by atoms with Crippen LogP contribution in [-0.2, 0) is 4.79 Å². The van der Waals surface area contributed by atoms with E-state index in [1.54, 1.807) is 6.20 Å². The van der Waals surface area contributed by atoms with E-state index in [0.29, 0.717) is 18.4 Å². The number of nitrogens with zero attached hydrogens (tertiary/aromatic N) is 2. The van der Waals surface area contributed by atoms with Gasteiger partial charge in [0.1, 0.15) is 0 Å². The van der Waals surface area contributed by atoms with Crippen molar-refractivity contribution < 1.29 is 9.90 Å². The summed E-state index contributed by atoms with van der Waals surface area (Å²) in [6.07, 6.45) is 7.12. The Balaban J connectivity index is 1.91. The van der Waals surface area contributed by atoms with Crippen molar-refractivity contribution in [3.05, 3.63) is 30.1 Å². The van der Waals surface area contributed by atoms with Gasteiger partial charge in [-0.3, -0.25) is 14.7 Å². The Kier molecular flexibility index (Phi) is 4.91. The zero-order chi connectivity index (χ0) is 13.7. The molecule has 4 nitrogen and oxygen atoms in total. The van der Waals surface area contributed by atoms with E-state index >= 15 is 0 Å². The van der Waals surface area contributed by atoms with Gasteiger partial charge in [0, 0.05) is 31.4 Å². The molecule has 2 heterocycles. The summed E-state index contributed by atoms with van der Waals surface area (Å²) < 4.78 is 0. The van der Waals surface area contributed by atoms with Gasteiger partial charge in [0.25, 0.3) is 0 Å². The standard InChI is InChI=1S/C15H22N2O2/c1-12(14-5-2-8-16-10-14)17-9-3-4-13(11-17)6-7-15(18)19/h2,5,8,10,12-13H,3-4,6-7,9,11H2,1H3,(H,18,19). The average Bonchev–Trinajstić information content (AvgIpc) is 2.45. The Bertz CT molecular complexity index is 408. The highest BCUT2D eigenvalue weighted by atomic mass is 16.4. The molecular formula is C15H22N2O2. The first kappa shape index (κ1) is 14.0. The van der Waals surface area contributed by atoms with Crippen molar-refractivity contribution in [2.75, 3.05) is 13.1 Å². The molecule has 1 saturated heterocycles. The zero-order valence-corrected chi connectivity index (χ0v) is 11.5. The lowest BCUT2D eigenvalue weighted by molar-refractivity contribution is -0.137. The Morgan fingerprint density at radius 2 is 2.47 bits per heavy atom. The van der Waals surface area contributed by atoms with Crippen LogP contribution in [0.2, 0.25) is 0 Å². The molecule has 1 aromatic rings. The number of hydrogen-bond donors (Lipinski definition) is 1. The molecule has 1 N–H and O–H groups in total. The third-order valence-electron chi connectivity index (χ3n) is 4.03. The number of rotatable bonds is 5. The number of likely N-dealkylation sites (tertiary alicyclic amines) is 1. The fraction of sp³-hybridized carbons (Fsp3) is 0.600. The van der Waals surface area contributed by atoms with Crippen molar-refractivity contribution >= 4 is 5.97 Å². The molecule has 0 saturated carbocycles. The predicted octanol–water partition coefficient (Wildman–Crippen LogP) is 2.72. The first-order chi connectivity index (χ1) is 9.16. The van der Waals surface area contributed by atoms with Gasteiger partial charge in [-0.05, 0) is 50.3 Å². The molecule has 0 amide bonds. The highest BCUT2D eigenvalue weighted by Crippen LogP contribution is 2.28. The van der Waals surface area contributed by atoms with Gasteiger partial charge in [-0.15, -0.1) is 0 Å². The summed E-state index contributed by atoms with van der Waals surface area (Å²) in [7, 11) is 0. The van der Waals surface area contributed by atoms with E-state index in [4.69, 9.17) is 5.11 Å². The SMILES string of the molecule is CC(c1cccnc1)N1CCCC(CCC(=O)O)C1. The number of carboxylic acids is 1. The van der Waals surface area contributed by atoms with Crippen molar-refractivity contribution in [1.29, 1.82) is 0 Å². The Morgan fingerprint density at radius 1 is 1.63 bits per heavy atom. The number of piperidine rings is 1. The molecule has 0 aliphatic carbocycles. The van der Waals surface area contributed by atoms with E-state index in [2.05, 4.69) is 22.9 Å². The summed E-state index contributed by atoms with van der Waals surface area (Å²) in [5.41, 5.74) is 1.24. The van der Waals surface area contributed by atoms with Crippen LogP contribution >= 0.6 is 0 Å². The highest BCUT2D eigenvalue weighted by Gasteiger charge is 2.24. The van der Waals surface area contributed by atoms with E-state index in [0.717, 1.165) is 32.4 Å². The molecule has 2 unspecified atom stereocenters. The van der Waals surface area contributed by atoms with Crippen LogP contribution in [0.25, 0.3) is 0 Å². The summed E-state index contributed by atoms with van der Waals surface area (Å²) in [4.78, 5) is 17.3. The molecule has 1 fully saturated rings. The second-order valence-corrected chi connectivity index (χ2v) is 5.40. The Labute approximate surface area is 114 Å². The monoisotopic (exact) mass is 262 g/mol. The summed E-state index contributed by atoms with van der Waals surface area (Å²) in [6.45, 7) is 4.31. The summed E-state index contributed by atoms with van der Waals surface area (Å²) >= 11 is 0. The van der Waals surface area contributed by atoms with Crippen LogP contribution < -0.4 is 0 Å². The van der Waals surface area contributed by atoms with Crippen molar-refractivity contribution in [2.45, 2.75) is 38.6 Å². The van der Waals surface area contributed by atoms with Gasteiger partial charge in [0.05, 0.1) is 0 Å². The molecular weight excluding hydrogens is 240 g/mol. The second kappa shape index (κ2) is 6.66. The van der Waals surface area contributed by atoms with Gasteiger partial charge in [-0.1, -0.05) is 6.07 Å². The average molecular weight is 262 g/mol. The second-order valence-electron chi connectivity index (χ2n) is 5.40. The lowest BCUT2D eigenvalue weighted by Crippen LogP contribution is -2.37. The molecule has 104 valence electrons. The van der Waals surface area contributed by atoms with Crippen LogP contribution in [0.5, 0.6) is 0 Å². The Morgan fingerprint density at radius 3 is 3.16 bits per heavy atom. The number of hydrogen-bond acceptors (Lipinski definition) is 3. The fourth-order valence-corrected chi connectivity index (χ4v) is 2.85. The molecule has 0 spiro atoms. The van der Waals surface area contributed by atoms with Crippen LogP contribution in [0.4, 0.5) is 0 Å². The largest absolute Gasteiger partial charge is 0.481 e. The van der Waals surface area contributed by atoms with Crippen molar-refractivity contribution in [3.63, 3.8) is 0 Å². The zero-order valence-electron chi connectivity index (χ0n) is 11.5. The number of carbonyl (C=O) groups is 1. The van der Waals surface area contributed by atoms with E-state index in [9.17, 15) is 4.79 Å². The van der Waals surface area contributed by atoms with Gasteiger partial charge in [0.15, 0.2) is 0 Å². The quantitative estimate of drug-likeness (QED) is 0.886. The van der Waals surface area contributed by atoms with Crippen molar-refractivity contribution in [2.24, 2.45) is 5.92 Å². The minimum absolute atomic E-state index is 0.291. The van der Waals surface area contributed by atoms with Crippen LogP contribution in [0.15, 0.2) is 24.5 Å². The van der Waals surface area contributed by atoms with Crippen LogP contribution in [-0.4, -0.2) is 34.0 Å². The molecule has 2 atom stereocenters. The molecule has 2 rings (SSSR count). The molecule has 0 aromatic carbocycles. The summed E-state index contributed by atoms with van der Waals surface area (Å²) in [5, 5.41) is 8.78. The van der Waals surface area contributed by atoms with Crippen molar-refractivity contribution in [1.82, 2.24) is 9.88 Å². The third kappa shape index (κ3) is 4.03. The Hall–Kier alpha value is -1.42. The van der Waals surface area contributed by atoms with Gasteiger partial charge >= 0.3 is 5.97 Å². The van der Waals surface area contributed by atoms with Gasteiger partial charge < -0.3 is 5.11 Å². The van der Waals surface area contributed by atoms with Crippen molar-refractivity contribution in [3.8, 4) is 0 Å². The van der Waals surface area contributed by atoms with E-state index in [1.165, 1.54) is 5.56 Å². The molecule has 4 heteroatoms. The van der Waals surface area contributed by atoms with Crippen LogP contribution in [0, 0.1) is 5.92 Å². The maximum atomic E-state index is 10.7. The van der Waals surface area contributed by atoms with Gasteiger partial charge in [-0.25, -0.2) is 0 Å². The van der Waals surface area contributed by atoms with Gasteiger partial charge in [-0.2, -0.15) is 0 Å². The first-order valence-electron chi connectivity index (χ1n) is 7.02. The summed E-state index contributed by atoms with van der Waals surface area (Å²) in [6, 6.07) is 4.44. The smallest absolute Gasteiger partial charge is 0.303 e. The number of aliphatic carboxylic acids is 1. The van der Waals surface area contributed by atoms with E-state index < -0.39 is 5.97 Å². The number of pyridine rings is 1. The highest BCUT2D eigenvalue weighted by molar-refractivity contribution is 5.66. The molecule has 1 aromatic heterocycles. The van der Waals surface area contributed by atoms with E-state index in [1.807, 2.05) is 12.3 Å². The molecule has 19 heavy (non-hydrogen) atoms. The normalized spacial score (nSPS) is 22.1. The summed E-state index contributed by atoms with van der Waals surface area (Å²) in [5.74, 6) is -0.165. The molecule has 1 aliphatic heterocycles. The number of aromatic nitrogens is 1. The molecule has 0 radical (unpaired) electrons. The lowest BCUT2D eigenvalue weighted by Gasteiger charge is -2.36. The fourth-order valence-electron chi connectivity index (χ4n) is 2.85. The maximum Gasteiger partial charge on any atom is 0.303 e. The van der Waals surface area contributed by atoms with E-state index in [-0.39, 0.29) is 0 Å². The van der Waals surface area contributed by atoms with Crippen LogP contribution in [0.3, 0.4) is 0 Å². The third-order valence-corrected chi connectivity index (χ3v) is 4.03. The maximum absolute atomic E-state index is 10.7. The first-order valence-corrected chi connectivity index (χ1v) is 7.02. The van der Waals surface area contributed by atoms with Gasteiger partial charge in [0.2, 0.25) is 0 Å². The predicted molar refractivity (Wildman–Crippen MR) is 73.8 cm³/mol. The molecule has 1 aliphatic rings. The molecule has 0 bridgehead atoms. The number of carboxylic acid groups (broad SMARTS) is 1. The van der Waals surface area contributed by atoms with Crippen LogP contribution in [0.1, 0.15) is 44.2 Å². The lowest BCUT2D eigenvalue weighted by atomic mass is 9.92. The minimum Gasteiger partial charge on any atom is -0.481 e.